The van der Waals surface area contributed by atoms with E-state index in [-0.39, 0.29) is 6.10 Å². The fraction of sp³-hybridized carbons (Fsp3) is 0.750. The van der Waals surface area contributed by atoms with E-state index in [1.54, 1.807) is 0 Å². The molecule has 1 aromatic rings. The summed E-state index contributed by atoms with van der Waals surface area (Å²) >= 11 is 0. The number of ether oxygens (including phenoxy) is 1. The van der Waals surface area contributed by atoms with Crippen molar-refractivity contribution in [2.45, 2.75) is 58.0 Å². The molecule has 1 aliphatic carbocycles. The first-order valence-electron chi connectivity index (χ1n) is 6.09. The van der Waals surface area contributed by atoms with E-state index in [0.29, 0.717) is 12.7 Å². The molecule has 0 aromatic carbocycles. The van der Waals surface area contributed by atoms with Gasteiger partial charge in [-0.3, -0.25) is 4.68 Å². The van der Waals surface area contributed by atoms with Crippen molar-refractivity contribution in [2.24, 2.45) is 0 Å². The standard InChI is InChI=1S/C12H20N2O2/c1-2-14-8-10(7-13-14)9-16-12-5-3-11(15)4-6-12/h7-8,11-12,15H,2-6,9H2,1H3. The highest BCUT2D eigenvalue weighted by Gasteiger charge is 2.19. The van der Waals surface area contributed by atoms with Crippen LogP contribution < -0.4 is 0 Å². The molecule has 0 radical (unpaired) electrons. The maximum atomic E-state index is 9.38. The second kappa shape index (κ2) is 5.46. The Balaban J connectivity index is 1.74. The van der Waals surface area contributed by atoms with Crippen LogP contribution in [0.1, 0.15) is 38.2 Å². The maximum Gasteiger partial charge on any atom is 0.0751 e. The lowest BCUT2D eigenvalue weighted by Gasteiger charge is -2.25. The van der Waals surface area contributed by atoms with Crippen molar-refractivity contribution >= 4 is 0 Å². The zero-order valence-corrected chi connectivity index (χ0v) is 9.80. The van der Waals surface area contributed by atoms with Crippen LogP contribution in [0.15, 0.2) is 12.4 Å². The van der Waals surface area contributed by atoms with Gasteiger partial charge in [-0.1, -0.05) is 0 Å². The molecular weight excluding hydrogens is 204 g/mol. The van der Waals surface area contributed by atoms with Crippen LogP contribution in [0.3, 0.4) is 0 Å². The van der Waals surface area contributed by atoms with E-state index in [1.807, 2.05) is 17.1 Å². The van der Waals surface area contributed by atoms with Crippen LogP contribution in [-0.4, -0.2) is 27.1 Å². The van der Waals surface area contributed by atoms with Crippen LogP contribution in [0.5, 0.6) is 0 Å². The molecule has 1 aromatic heterocycles. The molecule has 4 heteroatoms. The highest BCUT2D eigenvalue weighted by atomic mass is 16.5. The van der Waals surface area contributed by atoms with Crippen LogP contribution in [-0.2, 0) is 17.9 Å². The monoisotopic (exact) mass is 224 g/mol. The molecule has 0 bridgehead atoms. The van der Waals surface area contributed by atoms with Gasteiger partial charge in [-0.15, -0.1) is 0 Å². The van der Waals surface area contributed by atoms with Gasteiger partial charge in [0.25, 0.3) is 0 Å². The zero-order chi connectivity index (χ0) is 11.4. The van der Waals surface area contributed by atoms with Crippen LogP contribution in [0.25, 0.3) is 0 Å². The summed E-state index contributed by atoms with van der Waals surface area (Å²) in [7, 11) is 0. The number of hydrogen-bond donors (Lipinski definition) is 1. The van der Waals surface area contributed by atoms with Crippen molar-refractivity contribution in [3.8, 4) is 0 Å². The second-order valence-corrected chi connectivity index (χ2v) is 4.45. The Labute approximate surface area is 96.2 Å². The molecule has 4 nitrogen and oxygen atoms in total. The summed E-state index contributed by atoms with van der Waals surface area (Å²) in [5.74, 6) is 0. The molecular formula is C12H20N2O2. The summed E-state index contributed by atoms with van der Waals surface area (Å²) in [5.41, 5.74) is 1.13. The predicted molar refractivity (Wildman–Crippen MR) is 61.0 cm³/mol. The number of hydrogen-bond acceptors (Lipinski definition) is 3. The minimum absolute atomic E-state index is 0.109. The van der Waals surface area contributed by atoms with Crippen LogP contribution in [0.2, 0.25) is 0 Å². The first-order chi connectivity index (χ1) is 7.78. The summed E-state index contributed by atoms with van der Waals surface area (Å²) in [4.78, 5) is 0. The van der Waals surface area contributed by atoms with Crippen molar-refractivity contribution < 1.29 is 9.84 Å². The average molecular weight is 224 g/mol. The highest BCUT2D eigenvalue weighted by Crippen LogP contribution is 2.21. The third kappa shape index (κ3) is 3.06. The van der Waals surface area contributed by atoms with Gasteiger partial charge in [-0.25, -0.2) is 0 Å². The number of rotatable bonds is 4. The van der Waals surface area contributed by atoms with Crippen molar-refractivity contribution in [1.29, 1.82) is 0 Å². The lowest BCUT2D eigenvalue weighted by molar-refractivity contribution is -0.0118. The molecule has 0 amide bonds. The molecule has 1 aliphatic rings. The number of nitrogens with zero attached hydrogens (tertiary/aromatic N) is 2. The minimum atomic E-state index is -0.109. The number of aliphatic hydroxyl groups is 1. The summed E-state index contributed by atoms with van der Waals surface area (Å²) in [6, 6.07) is 0. The second-order valence-electron chi connectivity index (χ2n) is 4.45. The Kier molecular flexibility index (Phi) is 3.96. The number of aliphatic hydroxyl groups excluding tert-OH is 1. The summed E-state index contributed by atoms with van der Waals surface area (Å²) < 4.78 is 7.72. The minimum Gasteiger partial charge on any atom is -0.393 e. The van der Waals surface area contributed by atoms with Gasteiger partial charge in [-0.05, 0) is 32.6 Å². The molecule has 1 heterocycles. The Morgan fingerprint density at radius 1 is 1.44 bits per heavy atom. The molecule has 16 heavy (non-hydrogen) atoms. The predicted octanol–water partition coefficient (Wildman–Crippen LogP) is 1.72. The lowest BCUT2D eigenvalue weighted by atomic mass is 9.95. The third-order valence-corrected chi connectivity index (χ3v) is 3.14. The quantitative estimate of drug-likeness (QED) is 0.847. The van der Waals surface area contributed by atoms with Crippen molar-refractivity contribution in [2.75, 3.05) is 0 Å². The van der Waals surface area contributed by atoms with Gasteiger partial charge in [0.15, 0.2) is 0 Å². The van der Waals surface area contributed by atoms with E-state index in [4.69, 9.17) is 4.74 Å². The van der Waals surface area contributed by atoms with Gasteiger partial charge in [0.05, 0.1) is 25.0 Å². The average Bonchev–Trinajstić information content (AvgIpc) is 2.76. The van der Waals surface area contributed by atoms with Crippen molar-refractivity contribution in [3.05, 3.63) is 18.0 Å². The van der Waals surface area contributed by atoms with E-state index in [0.717, 1.165) is 37.8 Å². The molecule has 1 saturated carbocycles. The molecule has 1 N–H and O–H groups in total. The van der Waals surface area contributed by atoms with E-state index < -0.39 is 0 Å². The molecule has 0 atom stereocenters. The zero-order valence-electron chi connectivity index (χ0n) is 9.80. The van der Waals surface area contributed by atoms with Crippen LogP contribution >= 0.6 is 0 Å². The van der Waals surface area contributed by atoms with Gasteiger partial charge < -0.3 is 9.84 Å². The first kappa shape index (κ1) is 11.6. The van der Waals surface area contributed by atoms with Gasteiger partial charge in [-0.2, -0.15) is 5.10 Å². The van der Waals surface area contributed by atoms with Gasteiger partial charge >= 0.3 is 0 Å². The van der Waals surface area contributed by atoms with Crippen molar-refractivity contribution in [1.82, 2.24) is 9.78 Å². The summed E-state index contributed by atoms with van der Waals surface area (Å²) in [5, 5.41) is 13.6. The largest absolute Gasteiger partial charge is 0.393 e. The Morgan fingerprint density at radius 3 is 2.81 bits per heavy atom. The topological polar surface area (TPSA) is 47.3 Å². The van der Waals surface area contributed by atoms with Crippen LogP contribution in [0.4, 0.5) is 0 Å². The molecule has 2 rings (SSSR count). The van der Waals surface area contributed by atoms with Crippen molar-refractivity contribution in [3.63, 3.8) is 0 Å². The maximum absolute atomic E-state index is 9.38. The van der Waals surface area contributed by atoms with Crippen LogP contribution in [0, 0.1) is 0 Å². The van der Waals surface area contributed by atoms with E-state index in [1.165, 1.54) is 0 Å². The normalized spacial score (nSPS) is 25.9. The Hall–Kier alpha value is -0.870. The summed E-state index contributed by atoms with van der Waals surface area (Å²) in [6.45, 7) is 3.61. The fourth-order valence-corrected chi connectivity index (χ4v) is 2.08. The van der Waals surface area contributed by atoms with Gasteiger partial charge in [0.1, 0.15) is 0 Å². The number of aryl methyl sites for hydroxylation is 1. The van der Waals surface area contributed by atoms with E-state index >= 15 is 0 Å². The SMILES string of the molecule is CCn1cc(COC2CCC(O)CC2)cn1. The fourth-order valence-electron chi connectivity index (χ4n) is 2.08. The first-order valence-corrected chi connectivity index (χ1v) is 6.09. The molecule has 0 aliphatic heterocycles. The third-order valence-electron chi connectivity index (χ3n) is 3.14. The van der Waals surface area contributed by atoms with Gasteiger partial charge in [0.2, 0.25) is 0 Å². The smallest absolute Gasteiger partial charge is 0.0751 e. The Bertz CT molecular complexity index is 317. The summed E-state index contributed by atoms with van der Waals surface area (Å²) in [6.07, 6.45) is 7.79. The molecule has 0 saturated heterocycles. The lowest BCUT2D eigenvalue weighted by Crippen LogP contribution is -2.24. The molecule has 1 fully saturated rings. The number of aromatic nitrogens is 2. The molecule has 0 unspecified atom stereocenters. The van der Waals surface area contributed by atoms with Gasteiger partial charge in [0, 0.05) is 18.3 Å². The van der Waals surface area contributed by atoms with E-state index in [2.05, 4.69) is 12.0 Å². The van der Waals surface area contributed by atoms with E-state index in [9.17, 15) is 5.11 Å². The highest BCUT2D eigenvalue weighted by molar-refractivity contribution is 5.01. The molecule has 0 spiro atoms. The Morgan fingerprint density at radius 2 is 2.19 bits per heavy atom. The molecule has 90 valence electrons.